The molecule has 2 rings (SSSR count). The first-order valence-corrected chi connectivity index (χ1v) is 22.9. The minimum absolute atomic E-state index is 0.0112. The molecule has 1 aromatic carbocycles. The van der Waals surface area contributed by atoms with E-state index in [9.17, 15) is 33.6 Å². The van der Waals surface area contributed by atoms with Gasteiger partial charge in [-0.15, -0.1) is 0 Å². The van der Waals surface area contributed by atoms with Crippen LogP contribution in [0, 0.1) is 23.7 Å². The minimum Gasteiger partial charge on any atom is -0.451 e. The van der Waals surface area contributed by atoms with Crippen molar-refractivity contribution in [2.75, 3.05) is 21.1 Å². The molecule has 1 aromatic rings. The summed E-state index contributed by atoms with van der Waals surface area (Å²) >= 11 is 0. The number of benzene rings is 1. The second-order valence-electron chi connectivity index (χ2n) is 18.2. The predicted molar refractivity (Wildman–Crippen MR) is 239 cm³/mol. The molecule has 9 atom stereocenters. The van der Waals surface area contributed by atoms with Crippen LogP contribution in [-0.4, -0.2) is 113 Å². The Hall–Kier alpha value is -4.29. The lowest BCUT2D eigenvalue weighted by molar-refractivity contribution is -0.162. The second kappa shape index (κ2) is 26.2. The van der Waals surface area contributed by atoms with Crippen LogP contribution in [0.25, 0.3) is 0 Å². The summed E-state index contributed by atoms with van der Waals surface area (Å²) in [5.74, 6) is -4.37. The molecule has 0 saturated carbocycles. The quantitative estimate of drug-likeness (QED) is 0.178. The molecule has 0 aromatic heterocycles. The third-order valence-corrected chi connectivity index (χ3v) is 12.2. The summed E-state index contributed by atoms with van der Waals surface area (Å²) in [5, 5.41) is 5.82. The van der Waals surface area contributed by atoms with Gasteiger partial charge in [0.15, 0.2) is 11.9 Å². The summed E-state index contributed by atoms with van der Waals surface area (Å²) in [4.78, 5) is 104. The van der Waals surface area contributed by atoms with Crippen LogP contribution in [0.2, 0.25) is 0 Å². The molecule has 1 aliphatic heterocycles. The van der Waals surface area contributed by atoms with Gasteiger partial charge in [-0.1, -0.05) is 124 Å². The van der Waals surface area contributed by atoms with Gasteiger partial charge in [0.1, 0.15) is 24.2 Å². The van der Waals surface area contributed by atoms with E-state index in [1.54, 1.807) is 14.1 Å². The van der Waals surface area contributed by atoms with E-state index in [1.807, 2.05) is 65.0 Å². The Labute approximate surface area is 366 Å². The van der Waals surface area contributed by atoms with Crippen LogP contribution in [0.5, 0.6) is 0 Å². The van der Waals surface area contributed by atoms with Crippen molar-refractivity contribution in [2.45, 2.75) is 182 Å². The van der Waals surface area contributed by atoms with E-state index in [4.69, 9.17) is 4.74 Å². The van der Waals surface area contributed by atoms with E-state index in [1.165, 1.54) is 35.6 Å². The fraction of sp³-hybridized carbons (Fsp3) is 0.729. The maximum Gasteiger partial charge on any atom is 0.329 e. The van der Waals surface area contributed by atoms with Gasteiger partial charge in [-0.3, -0.25) is 28.8 Å². The van der Waals surface area contributed by atoms with Crippen LogP contribution >= 0.6 is 0 Å². The molecule has 1 unspecified atom stereocenters. The van der Waals surface area contributed by atoms with Gasteiger partial charge in [0.05, 0.1) is 6.04 Å². The summed E-state index contributed by atoms with van der Waals surface area (Å²) in [7, 11) is 4.60. The number of ether oxygens (including phenoxy) is 1. The van der Waals surface area contributed by atoms with Gasteiger partial charge < -0.3 is 30.1 Å². The standard InChI is InChI=1S/C48H79N5O8/c1-13-16-22-32(6)27-38-46(58)51(10)34(8)48(60)61-35(9)43(55)49-39(28-33(7)23-17-14-2)47(59)52(11)40(26-31(4)5)42(54)30-37(21-15-3)45(57)53(12)41(44(56)50-38)29-36-24-19-18-20-25-36/h18-20,24-25,31-35,37-41H,13-17,21-23,26-30H2,1-12H3,(H,49,55)(H,50,56)/t32-,33-,34+,35-,37-,38?,39+,40+,41+/m1/s1. The smallest absolute Gasteiger partial charge is 0.329 e. The van der Waals surface area contributed by atoms with Crippen molar-refractivity contribution in [3.8, 4) is 0 Å². The second-order valence-corrected chi connectivity index (χ2v) is 18.2. The molecule has 1 saturated heterocycles. The van der Waals surface area contributed by atoms with Crippen LogP contribution in [-0.2, 0) is 44.7 Å². The predicted octanol–water partition coefficient (Wildman–Crippen LogP) is 6.50. The van der Waals surface area contributed by atoms with Crippen LogP contribution in [0.15, 0.2) is 30.3 Å². The number of Topliss-reactive ketones (excluding diaryl/α,β-unsaturated/α-hetero) is 1. The number of ketones is 1. The van der Waals surface area contributed by atoms with Gasteiger partial charge >= 0.3 is 5.97 Å². The number of carbonyl (C=O) groups is 7. The number of rotatable bonds is 16. The number of cyclic esters (lactones) is 1. The molecule has 1 fully saturated rings. The van der Waals surface area contributed by atoms with Gasteiger partial charge in [-0.25, -0.2) is 4.79 Å². The molecule has 1 heterocycles. The lowest BCUT2D eigenvalue weighted by Crippen LogP contribution is -2.57. The average Bonchev–Trinajstić information content (AvgIpc) is 3.23. The highest BCUT2D eigenvalue weighted by Gasteiger charge is 2.40. The monoisotopic (exact) mass is 854 g/mol. The number of hydrogen-bond acceptors (Lipinski definition) is 8. The maximum atomic E-state index is 14.7. The fourth-order valence-electron chi connectivity index (χ4n) is 8.14. The Kier molecular flexibility index (Phi) is 22.7. The zero-order valence-corrected chi connectivity index (χ0v) is 39.5. The highest BCUT2D eigenvalue weighted by Crippen LogP contribution is 2.25. The molecule has 13 heteroatoms. The number of unbranched alkanes of at least 4 members (excludes halogenated alkanes) is 2. The number of nitrogens with one attached hydrogen (secondary N) is 2. The highest BCUT2D eigenvalue weighted by molar-refractivity contribution is 5.97. The molecule has 0 aliphatic carbocycles. The zero-order chi connectivity index (χ0) is 46.0. The number of carbonyl (C=O) groups excluding carboxylic acids is 7. The van der Waals surface area contributed by atoms with Crippen LogP contribution in [0.3, 0.4) is 0 Å². The largest absolute Gasteiger partial charge is 0.451 e. The van der Waals surface area contributed by atoms with Gasteiger partial charge in [0, 0.05) is 39.9 Å². The molecule has 1 aliphatic rings. The van der Waals surface area contributed by atoms with E-state index in [2.05, 4.69) is 24.5 Å². The molecular weight excluding hydrogens is 775 g/mol. The summed E-state index contributed by atoms with van der Waals surface area (Å²) in [6.07, 6.45) is 6.00. The molecule has 0 bridgehead atoms. The first-order valence-electron chi connectivity index (χ1n) is 22.9. The summed E-state index contributed by atoms with van der Waals surface area (Å²) in [5.41, 5.74) is 0.802. The topological polar surface area (TPSA) is 162 Å². The molecule has 0 spiro atoms. The third-order valence-electron chi connectivity index (χ3n) is 12.2. The Morgan fingerprint density at radius 3 is 1.67 bits per heavy atom. The number of esters is 1. The first kappa shape index (κ1) is 52.8. The van der Waals surface area contributed by atoms with Crippen molar-refractivity contribution >= 4 is 41.3 Å². The molecule has 344 valence electrons. The van der Waals surface area contributed by atoms with Crippen molar-refractivity contribution in [1.29, 1.82) is 0 Å². The molecule has 5 amide bonds. The normalized spacial score (nSPS) is 25.8. The van der Waals surface area contributed by atoms with Crippen molar-refractivity contribution in [3.05, 3.63) is 35.9 Å². The average molecular weight is 854 g/mol. The molecule has 61 heavy (non-hydrogen) atoms. The summed E-state index contributed by atoms with van der Waals surface area (Å²) in [6, 6.07) is 4.18. The number of nitrogens with zero attached hydrogens (tertiary/aromatic N) is 3. The highest BCUT2D eigenvalue weighted by atomic mass is 16.5. The molecular formula is C48H79N5O8. The van der Waals surface area contributed by atoms with Gasteiger partial charge in [-0.05, 0) is 62.8 Å². The van der Waals surface area contributed by atoms with E-state index in [-0.39, 0.29) is 48.7 Å². The van der Waals surface area contributed by atoms with Crippen LogP contribution in [0.4, 0.5) is 0 Å². The summed E-state index contributed by atoms with van der Waals surface area (Å²) < 4.78 is 5.64. The first-order chi connectivity index (χ1) is 28.8. The minimum atomic E-state index is -1.31. The van der Waals surface area contributed by atoms with Crippen LogP contribution < -0.4 is 10.6 Å². The summed E-state index contributed by atoms with van der Waals surface area (Å²) in [6.45, 7) is 17.0. The Balaban J connectivity index is 2.80. The lowest BCUT2D eigenvalue weighted by Gasteiger charge is -2.35. The van der Waals surface area contributed by atoms with Gasteiger partial charge in [-0.2, -0.15) is 0 Å². The Morgan fingerprint density at radius 1 is 0.656 bits per heavy atom. The fourth-order valence-corrected chi connectivity index (χ4v) is 8.14. The van der Waals surface area contributed by atoms with E-state index in [0.717, 1.165) is 44.1 Å². The van der Waals surface area contributed by atoms with E-state index in [0.29, 0.717) is 25.7 Å². The van der Waals surface area contributed by atoms with Gasteiger partial charge in [0.2, 0.25) is 23.6 Å². The number of amides is 5. The van der Waals surface area contributed by atoms with Crippen LogP contribution in [0.1, 0.15) is 145 Å². The molecule has 0 radical (unpaired) electrons. The Morgan fingerprint density at radius 2 is 1.16 bits per heavy atom. The molecule has 2 N–H and O–H groups in total. The lowest BCUT2D eigenvalue weighted by atomic mass is 9.88. The van der Waals surface area contributed by atoms with E-state index < -0.39 is 71.8 Å². The third kappa shape index (κ3) is 16.5. The van der Waals surface area contributed by atoms with Crippen molar-refractivity contribution in [3.63, 3.8) is 0 Å². The van der Waals surface area contributed by atoms with Crippen molar-refractivity contribution < 1.29 is 38.3 Å². The SMILES string of the molecule is CCCC[C@@H](C)CC1NC(=O)[C@H](Cc2ccccc2)N(C)C(=O)[C@H](CCC)CC(=O)[C@H](CC(C)C)N(C)C(=O)[C@H](C[C@H](C)CCCC)NC(=O)[C@@H](C)OC(=O)[C@H](C)N(C)C1=O. The van der Waals surface area contributed by atoms with Gasteiger partial charge in [0.25, 0.3) is 5.91 Å². The van der Waals surface area contributed by atoms with E-state index >= 15 is 0 Å². The van der Waals surface area contributed by atoms with Crippen molar-refractivity contribution in [1.82, 2.24) is 25.3 Å². The zero-order valence-electron chi connectivity index (χ0n) is 39.5. The molecule has 13 nitrogen and oxygen atoms in total. The number of likely N-dealkylation sites (N-methyl/N-ethyl adjacent to an activating group) is 3. The maximum absolute atomic E-state index is 14.7. The number of hydrogen-bond donors (Lipinski definition) is 2. The Bertz CT molecular complexity index is 1590. The van der Waals surface area contributed by atoms with Crippen molar-refractivity contribution in [2.24, 2.45) is 23.7 Å².